The lowest BCUT2D eigenvalue weighted by Gasteiger charge is -2.28. The third-order valence-electron chi connectivity index (χ3n) is 7.03. The van der Waals surface area contributed by atoms with E-state index in [4.69, 9.17) is 14.2 Å². The van der Waals surface area contributed by atoms with Crippen LogP contribution in [-0.4, -0.2) is 36.6 Å². The number of Topliss-reactive ketones (excluding diaryl/α,β-unsaturated/α-hetero) is 1. The van der Waals surface area contributed by atoms with Crippen LogP contribution < -0.4 is 19.1 Å². The lowest BCUT2D eigenvalue weighted by molar-refractivity contribution is -0.132. The van der Waals surface area contributed by atoms with Gasteiger partial charge in [0.1, 0.15) is 24.7 Å². The van der Waals surface area contributed by atoms with Crippen molar-refractivity contribution in [3.8, 4) is 17.2 Å². The normalized spacial score (nSPS) is 18.4. The summed E-state index contributed by atoms with van der Waals surface area (Å²) in [6.45, 7) is 11.8. The van der Waals surface area contributed by atoms with Gasteiger partial charge in [-0.3, -0.25) is 14.5 Å². The maximum atomic E-state index is 13.6. The van der Waals surface area contributed by atoms with Gasteiger partial charge in [-0.05, 0) is 46.7 Å². The highest BCUT2D eigenvalue weighted by Crippen LogP contribution is 2.45. The Hall–Kier alpha value is -4.26. The van der Waals surface area contributed by atoms with Gasteiger partial charge >= 0.3 is 0 Å². The molecular formula is C33H35NO6. The highest BCUT2D eigenvalue weighted by atomic mass is 16.6. The van der Waals surface area contributed by atoms with Crippen LogP contribution in [0.1, 0.15) is 57.4 Å². The molecule has 0 spiro atoms. The summed E-state index contributed by atoms with van der Waals surface area (Å²) < 4.78 is 17.3. The predicted octanol–water partition coefficient (Wildman–Crippen LogP) is 6.42. The highest BCUT2D eigenvalue weighted by molar-refractivity contribution is 6.51. The summed E-state index contributed by atoms with van der Waals surface area (Å²) in [6, 6.07) is 19.1. The first-order valence-electron chi connectivity index (χ1n) is 13.6. The molecule has 3 aromatic rings. The van der Waals surface area contributed by atoms with Gasteiger partial charge in [0.05, 0.1) is 18.2 Å². The number of anilines is 1. The van der Waals surface area contributed by atoms with Crippen molar-refractivity contribution in [3.63, 3.8) is 0 Å². The summed E-state index contributed by atoms with van der Waals surface area (Å²) in [5, 5.41) is 11.6. The van der Waals surface area contributed by atoms with E-state index in [9.17, 15) is 14.7 Å². The molecule has 2 heterocycles. The Morgan fingerprint density at radius 2 is 1.68 bits per heavy atom. The molecular weight excluding hydrogens is 506 g/mol. The van der Waals surface area contributed by atoms with Crippen molar-refractivity contribution < 1.29 is 28.9 Å². The molecule has 0 aromatic heterocycles. The molecule has 1 amide bonds. The van der Waals surface area contributed by atoms with Crippen LogP contribution in [0, 0.1) is 5.92 Å². The summed E-state index contributed by atoms with van der Waals surface area (Å²) in [5.41, 5.74) is 2.64. The van der Waals surface area contributed by atoms with Gasteiger partial charge in [-0.1, -0.05) is 71.0 Å². The Kier molecular flexibility index (Phi) is 7.32. The standard InChI is InChI=1S/C33H35NO6/c1-20(2)19-40-25-8-6-7-22(17-25)30(35)28-29(21-9-11-23(12-10-21)33(3,4)5)34(32(37)31(28)36)24-13-14-26-27(18-24)39-16-15-38-26/h6-14,17-18,20,29,35H,15-16,19H2,1-5H3/b30-28+. The van der Waals surface area contributed by atoms with Crippen LogP contribution in [0.15, 0.2) is 72.3 Å². The molecule has 1 saturated heterocycles. The number of carbonyl (C=O) groups excluding carboxylic acids is 2. The molecule has 0 bridgehead atoms. The second kappa shape index (κ2) is 10.7. The van der Waals surface area contributed by atoms with Gasteiger partial charge in [0, 0.05) is 17.3 Å². The van der Waals surface area contributed by atoms with E-state index in [1.807, 2.05) is 38.1 Å². The zero-order chi connectivity index (χ0) is 28.6. The largest absolute Gasteiger partial charge is 0.507 e. The van der Waals surface area contributed by atoms with Crippen LogP contribution in [0.2, 0.25) is 0 Å². The Balaban J connectivity index is 1.64. The number of hydrogen-bond donors (Lipinski definition) is 1. The maximum absolute atomic E-state index is 13.6. The first kappa shape index (κ1) is 27.3. The molecule has 0 radical (unpaired) electrons. The average molecular weight is 542 g/mol. The lowest BCUT2D eigenvalue weighted by Crippen LogP contribution is -2.29. The molecule has 1 fully saturated rings. The van der Waals surface area contributed by atoms with E-state index < -0.39 is 17.7 Å². The van der Waals surface area contributed by atoms with E-state index in [-0.39, 0.29) is 16.7 Å². The Bertz CT molecular complexity index is 1470. The van der Waals surface area contributed by atoms with Gasteiger partial charge < -0.3 is 19.3 Å². The molecule has 7 nitrogen and oxygen atoms in total. The van der Waals surface area contributed by atoms with Crippen LogP contribution >= 0.6 is 0 Å². The molecule has 2 aliphatic rings. The van der Waals surface area contributed by atoms with E-state index in [0.717, 1.165) is 5.56 Å². The minimum Gasteiger partial charge on any atom is -0.507 e. The number of fused-ring (bicyclic) bond motifs is 1. The van der Waals surface area contributed by atoms with E-state index in [1.54, 1.807) is 42.5 Å². The fourth-order valence-corrected chi connectivity index (χ4v) is 4.91. The third kappa shape index (κ3) is 5.28. The molecule has 1 N–H and O–H groups in total. The van der Waals surface area contributed by atoms with Crippen LogP contribution in [0.4, 0.5) is 5.69 Å². The molecule has 1 unspecified atom stereocenters. The summed E-state index contributed by atoms with van der Waals surface area (Å²) in [4.78, 5) is 28.6. The van der Waals surface area contributed by atoms with Crippen molar-refractivity contribution in [2.24, 2.45) is 5.92 Å². The second-order valence-corrected chi connectivity index (χ2v) is 11.6. The quantitative estimate of drug-likeness (QED) is 0.220. The topological polar surface area (TPSA) is 85.3 Å². The Labute approximate surface area is 235 Å². The Morgan fingerprint density at radius 3 is 2.35 bits per heavy atom. The summed E-state index contributed by atoms with van der Waals surface area (Å²) in [5.74, 6) is 0.243. The summed E-state index contributed by atoms with van der Waals surface area (Å²) >= 11 is 0. The molecule has 3 aromatic carbocycles. The van der Waals surface area contributed by atoms with Gasteiger partial charge in [-0.15, -0.1) is 0 Å². The van der Waals surface area contributed by atoms with E-state index >= 15 is 0 Å². The molecule has 40 heavy (non-hydrogen) atoms. The SMILES string of the molecule is CC(C)COc1cccc(/C(O)=C2\C(=O)C(=O)N(c3ccc4c(c3)OCCO4)C2c2ccc(C(C)(C)C)cc2)c1. The van der Waals surface area contributed by atoms with Crippen molar-refractivity contribution in [2.45, 2.75) is 46.1 Å². The van der Waals surface area contributed by atoms with Crippen LogP contribution in [0.5, 0.6) is 17.2 Å². The fourth-order valence-electron chi connectivity index (χ4n) is 4.91. The molecule has 208 valence electrons. The number of carbonyl (C=O) groups is 2. The summed E-state index contributed by atoms with van der Waals surface area (Å²) in [6.07, 6.45) is 0. The summed E-state index contributed by atoms with van der Waals surface area (Å²) in [7, 11) is 0. The molecule has 0 aliphatic carbocycles. The zero-order valence-corrected chi connectivity index (χ0v) is 23.6. The van der Waals surface area contributed by atoms with E-state index in [2.05, 4.69) is 20.8 Å². The molecule has 5 rings (SSSR count). The van der Waals surface area contributed by atoms with Gasteiger partial charge in [0.2, 0.25) is 0 Å². The van der Waals surface area contributed by atoms with Crippen LogP contribution in [0.25, 0.3) is 5.76 Å². The highest BCUT2D eigenvalue weighted by Gasteiger charge is 2.47. The van der Waals surface area contributed by atoms with Crippen molar-refractivity contribution >= 4 is 23.1 Å². The number of aliphatic hydroxyl groups is 1. The average Bonchev–Trinajstić information content (AvgIpc) is 3.21. The van der Waals surface area contributed by atoms with Crippen LogP contribution in [0.3, 0.4) is 0 Å². The number of ketones is 1. The third-order valence-corrected chi connectivity index (χ3v) is 7.03. The number of nitrogens with zero attached hydrogens (tertiary/aromatic N) is 1. The van der Waals surface area contributed by atoms with Crippen molar-refractivity contribution in [1.29, 1.82) is 0 Å². The first-order chi connectivity index (χ1) is 19.0. The molecule has 7 heteroatoms. The molecule has 1 atom stereocenters. The minimum atomic E-state index is -0.850. The van der Waals surface area contributed by atoms with Crippen LogP contribution in [-0.2, 0) is 15.0 Å². The molecule has 0 saturated carbocycles. The number of amides is 1. The zero-order valence-electron chi connectivity index (χ0n) is 23.6. The van der Waals surface area contributed by atoms with Gasteiger partial charge in [0.25, 0.3) is 11.7 Å². The smallest absolute Gasteiger partial charge is 0.300 e. The predicted molar refractivity (Wildman–Crippen MR) is 154 cm³/mol. The second-order valence-electron chi connectivity index (χ2n) is 11.6. The van der Waals surface area contributed by atoms with E-state index in [0.29, 0.717) is 59.8 Å². The minimum absolute atomic E-state index is 0.0180. The van der Waals surface area contributed by atoms with Gasteiger partial charge in [-0.25, -0.2) is 0 Å². The number of ether oxygens (including phenoxy) is 3. The number of aliphatic hydroxyl groups excluding tert-OH is 1. The van der Waals surface area contributed by atoms with Gasteiger partial charge in [-0.2, -0.15) is 0 Å². The fraction of sp³-hybridized carbons (Fsp3) is 0.333. The number of benzene rings is 3. The van der Waals surface area contributed by atoms with Crippen molar-refractivity contribution in [1.82, 2.24) is 0 Å². The lowest BCUT2D eigenvalue weighted by atomic mass is 9.85. The maximum Gasteiger partial charge on any atom is 0.300 e. The van der Waals surface area contributed by atoms with Crippen molar-refractivity contribution in [3.05, 3.63) is 89.0 Å². The number of rotatable bonds is 6. The Morgan fingerprint density at radius 1 is 0.975 bits per heavy atom. The first-order valence-corrected chi connectivity index (χ1v) is 13.6. The van der Waals surface area contributed by atoms with E-state index in [1.165, 1.54) is 4.90 Å². The number of hydrogen-bond acceptors (Lipinski definition) is 6. The monoisotopic (exact) mass is 541 g/mol. The molecule has 2 aliphatic heterocycles. The van der Waals surface area contributed by atoms with Gasteiger partial charge in [0.15, 0.2) is 11.5 Å². The van der Waals surface area contributed by atoms with Crippen molar-refractivity contribution in [2.75, 3.05) is 24.7 Å².